The SMILES string of the molecule is COc1ccc(NC(=O)c2cc3ccccc3c(N=Nc3cc(C(=O)Nc4ccc(S(=O)(=O)O)cc4)ccc3C)c2O)cc1.COc1ccc(NC(=O)c2cc3ccccc3c(N=Nc3cc(C(=O)Nc4ccc(S(=O)(=O)O)cc4)ccc3C)c2O)cc1.[Ca]. The Hall–Kier alpha value is -9.92. The number of azo groups is 2. The third-order valence-electron chi connectivity index (χ3n) is 13.5. The van der Waals surface area contributed by atoms with E-state index >= 15 is 0 Å². The quantitative estimate of drug-likeness (QED) is 0.0253. The molecule has 0 aliphatic rings. The van der Waals surface area contributed by atoms with Crippen molar-refractivity contribution in [2.24, 2.45) is 20.5 Å². The normalized spacial score (nSPS) is 11.3. The van der Waals surface area contributed by atoms with E-state index in [4.69, 9.17) is 18.6 Å². The van der Waals surface area contributed by atoms with Gasteiger partial charge >= 0.3 is 0 Å². The van der Waals surface area contributed by atoms with Crippen LogP contribution in [-0.2, 0) is 20.2 Å². The number of ether oxygens (including phenoxy) is 2. The zero-order valence-corrected chi connectivity index (χ0v) is 51.5. The molecular formula is C64H52CaN8O14S2. The van der Waals surface area contributed by atoms with E-state index in [9.17, 15) is 46.2 Å². The second kappa shape index (κ2) is 28.3. The van der Waals surface area contributed by atoms with E-state index in [1.165, 1.54) is 60.7 Å². The van der Waals surface area contributed by atoms with Crippen molar-refractivity contribution in [3.05, 3.63) is 228 Å². The fourth-order valence-electron chi connectivity index (χ4n) is 8.68. The zero-order valence-electron chi connectivity index (χ0n) is 47.7. The van der Waals surface area contributed by atoms with Crippen LogP contribution in [0.4, 0.5) is 45.5 Å². The number of benzene rings is 10. The number of carbonyl (C=O) groups is 4. The number of anilines is 4. The summed E-state index contributed by atoms with van der Waals surface area (Å²) in [4.78, 5) is 51.6. The Balaban J connectivity index is 0.000000228. The first kappa shape index (κ1) is 65.1. The number of amides is 4. The molecule has 89 heavy (non-hydrogen) atoms. The van der Waals surface area contributed by atoms with Gasteiger partial charge in [0.2, 0.25) is 0 Å². The monoisotopic (exact) mass is 1260 g/mol. The Morgan fingerprint density at radius 2 is 0.719 bits per heavy atom. The smallest absolute Gasteiger partial charge is 0.294 e. The summed E-state index contributed by atoms with van der Waals surface area (Å²) >= 11 is 0. The molecule has 0 aliphatic carbocycles. The number of nitrogens with one attached hydrogen (secondary N) is 4. The fourth-order valence-corrected chi connectivity index (χ4v) is 9.64. The van der Waals surface area contributed by atoms with Crippen LogP contribution >= 0.6 is 0 Å². The largest absolute Gasteiger partial charge is 0.505 e. The molecule has 0 fully saturated rings. The van der Waals surface area contributed by atoms with Crippen molar-refractivity contribution in [3.8, 4) is 23.0 Å². The maximum atomic E-state index is 13.2. The van der Waals surface area contributed by atoms with E-state index in [1.54, 1.807) is 162 Å². The standard InChI is InChI=1S/2C32H26N4O7S.Ca/c2*1-19-7-8-21(31(38)33-23-11-15-25(16-12-23)44(40,41)42)18-28(19)35-36-29-26-6-4-3-5-20(26)17-27(30(29)37)32(39)34-22-9-13-24(43-2)14-10-22;/h2*3-18,37H,1-2H3,(H,33,38)(H,34,39)(H,40,41,42);. The van der Waals surface area contributed by atoms with E-state index < -0.39 is 43.9 Å². The molecule has 0 spiro atoms. The Morgan fingerprint density at radius 1 is 0.404 bits per heavy atom. The molecule has 2 radical (unpaired) electrons. The summed E-state index contributed by atoms with van der Waals surface area (Å²) in [6.45, 7) is 3.56. The molecule has 0 aliphatic heterocycles. The van der Waals surface area contributed by atoms with Gasteiger partial charge in [-0.25, -0.2) is 0 Å². The number of fused-ring (bicyclic) bond motifs is 2. The molecule has 0 aromatic heterocycles. The molecule has 0 heterocycles. The van der Waals surface area contributed by atoms with E-state index in [-0.39, 0.29) is 92.7 Å². The molecule has 446 valence electrons. The van der Waals surface area contributed by atoms with Gasteiger partial charge in [0.05, 0.1) is 46.5 Å². The number of phenols is 2. The van der Waals surface area contributed by atoms with Crippen molar-refractivity contribution >= 4 is 149 Å². The molecule has 0 bridgehead atoms. The van der Waals surface area contributed by atoms with Crippen LogP contribution in [0.3, 0.4) is 0 Å². The van der Waals surface area contributed by atoms with Gasteiger partial charge in [0.25, 0.3) is 43.9 Å². The number of hydrogen-bond donors (Lipinski definition) is 8. The number of rotatable bonds is 16. The molecule has 0 atom stereocenters. The van der Waals surface area contributed by atoms with Crippen LogP contribution in [-0.4, -0.2) is 112 Å². The number of hydrogen-bond acceptors (Lipinski definition) is 16. The third-order valence-corrected chi connectivity index (χ3v) is 15.2. The van der Waals surface area contributed by atoms with Crippen LogP contribution in [0.25, 0.3) is 21.5 Å². The van der Waals surface area contributed by atoms with Crippen molar-refractivity contribution in [1.29, 1.82) is 0 Å². The second-order valence-corrected chi connectivity index (χ2v) is 22.2. The Morgan fingerprint density at radius 3 is 1.04 bits per heavy atom. The third kappa shape index (κ3) is 16.0. The van der Waals surface area contributed by atoms with Crippen LogP contribution in [0.2, 0.25) is 0 Å². The number of nitrogens with zero attached hydrogens (tertiary/aromatic N) is 4. The average molecular weight is 1260 g/mol. The van der Waals surface area contributed by atoms with Gasteiger partial charge in [-0.05, 0) is 169 Å². The summed E-state index contributed by atoms with van der Waals surface area (Å²) in [6, 6.07) is 50.5. The van der Waals surface area contributed by atoms with Crippen LogP contribution < -0.4 is 30.7 Å². The number of aryl methyl sites for hydroxylation is 2. The second-order valence-electron chi connectivity index (χ2n) is 19.4. The molecule has 25 heteroatoms. The topological polar surface area (TPSA) is 333 Å². The van der Waals surface area contributed by atoms with Crippen LogP contribution in [0.15, 0.2) is 224 Å². The van der Waals surface area contributed by atoms with Crippen LogP contribution in [0.1, 0.15) is 52.6 Å². The fraction of sp³-hybridized carbons (Fsp3) is 0.0625. The molecule has 8 N–H and O–H groups in total. The number of phenolic OH excluding ortho intramolecular Hbond substituents is 2. The van der Waals surface area contributed by atoms with E-state index in [1.807, 2.05) is 0 Å². The van der Waals surface area contributed by atoms with E-state index in [0.29, 0.717) is 78.3 Å². The van der Waals surface area contributed by atoms with E-state index in [0.717, 1.165) is 0 Å². The van der Waals surface area contributed by atoms with E-state index in [2.05, 4.69) is 41.7 Å². The van der Waals surface area contributed by atoms with Gasteiger partial charge in [0.15, 0.2) is 11.5 Å². The van der Waals surface area contributed by atoms with Crippen molar-refractivity contribution < 1.29 is 64.8 Å². The molecule has 10 aromatic carbocycles. The first-order chi connectivity index (χ1) is 42.1. The first-order valence-corrected chi connectivity index (χ1v) is 29.2. The van der Waals surface area contributed by atoms with Crippen molar-refractivity contribution in [2.45, 2.75) is 23.6 Å². The van der Waals surface area contributed by atoms with Crippen molar-refractivity contribution in [2.75, 3.05) is 35.5 Å². The summed E-state index contributed by atoms with van der Waals surface area (Å²) in [5.41, 5.74) is 4.35. The molecule has 22 nitrogen and oxygen atoms in total. The molecule has 10 aromatic rings. The van der Waals surface area contributed by atoms with Crippen molar-refractivity contribution in [3.63, 3.8) is 0 Å². The maximum Gasteiger partial charge on any atom is 0.294 e. The predicted molar refractivity (Wildman–Crippen MR) is 338 cm³/mol. The molecule has 0 unspecified atom stereocenters. The number of methoxy groups -OCH3 is 2. The minimum absolute atomic E-state index is 0. The Bertz CT molecular complexity index is 4350. The number of carbonyl (C=O) groups excluding carboxylic acids is 4. The Labute approximate surface area is 539 Å². The summed E-state index contributed by atoms with van der Waals surface area (Å²) in [6.07, 6.45) is 0. The van der Waals surface area contributed by atoms with Gasteiger partial charge in [0.1, 0.15) is 22.9 Å². The first-order valence-electron chi connectivity index (χ1n) is 26.3. The molecule has 10 rings (SSSR count). The predicted octanol–water partition coefficient (Wildman–Crippen LogP) is 13.7. The molecule has 0 saturated carbocycles. The molecule has 0 saturated heterocycles. The molecular weight excluding hydrogens is 1210 g/mol. The van der Waals surface area contributed by atoms with Crippen molar-refractivity contribution in [1.82, 2.24) is 0 Å². The van der Waals surface area contributed by atoms with Gasteiger partial charge in [-0.1, -0.05) is 60.7 Å². The zero-order chi connectivity index (χ0) is 62.9. The summed E-state index contributed by atoms with van der Waals surface area (Å²) < 4.78 is 73.7. The van der Waals surface area contributed by atoms with Gasteiger partial charge in [-0.3, -0.25) is 28.3 Å². The Kier molecular flexibility index (Phi) is 20.7. The van der Waals surface area contributed by atoms with Gasteiger partial charge in [0, 0.05) is 82.4 Å². The number of aromatic hydroxyl groups is 2. The summed E-state index contributed by atoms with van der Waals surface area (Å²) in [5.74, 6) is -1.55. The van der Waals surface area contributed by atoms with Crippen LogP contribution in [0.5, 0.6) is 23.0 Å². The maximum absolute atomic E-state index is 13.2. The van der Waals surface area contributed by atoms with Crippen LogP contribution in [0, 0.1) is 13.8 Å². The van der Waals surface area contributed by atoms with Gasteiger partial charge < -0.3 is 41.0 Å². The summed E-state index contributed by atoms with van der Waals surface area (Å²) in [7, 11) is -5.64. The van der Waals surface area contributed by atoms with Gasteiger partial charge in [-0.2, -0.15) is 27.1 Å². The summed E-state index contributed by atoms with van der Waals surface area (Å²) in [5, 5.41) is 53.0. The minimum Gasteiger partial charge on any atom is -0.505 e. The molecule has 4 amide bonds. The minimum atomic E-state index is -4.36. The average Bonchev–Trinajstić information content (AvgIpc) is 1.36. The van der Waals surface area contributed by atoms with Gasteiger partial charge in [-0.15, -0.1) is 10.2 Å².